The van der Waals surface area contributed by atoms with E-state index >= 15 is 4.39 Å². The first kappa shape index (κ1) is 61.8. The van der Waals surface area contributed by atoms with Crippen molar-refractivity contribution in [2.24, 2.45) is 17.1 Å². The number of hydrogen-bond donors (Lipinski definition) is 7. The van der Waals surface area contributed by atoms with Gasteiger partial charge in [-0.25, -0.2) is 23.4 Å². The first-order valence-electron chi connectivity index (χ1n) is 26.5. The molecule has 0 saturated carbocycles. The third-order valence-electron chi connectivity index (χ3n) is 13.0. The molecule has 0 spiro atoms. The zero-order valence-electron chi connectivity index (χ0n) is 45.9. The van der Waals surface area contributed by atoms with E-state index in [9.17, 15) is 47.9 Å². The molecule has 20 nitrogen and oxygen atoms in total. The quantitative estimate of drug-likeness (QED) is 0.0242. The molecule has 9 amide bonds. The zero-order valence-corrected chi connectivity index (χ0v) is 45.9. The molecule has 426 valence electrons. The van der Waals surface area contributed by atoms with Crippen LogP contribution in [-0.2, 0) is 46.7 Å². The van der Waals surface area contributed by atoms with E-state index in [0.717, 1.165) is 28.7 Å². The first-order chi connectivity index (χ1) is 37.4. The molecule has 0 bridgehead atoms. The average Bonchev–Trinajstić information content (AvgIpc) is 3.98. The Labute approximate surface area is 459 Å². The Bertz CT molecular complexity index is 2780. The van der Waals surface area contributed by atoms with E-state index in [0.29, 0.717) is 36.3 Å². The van der Waals surface area contributed by atoms with Gasteiger partial charge in [-0.15, -0.1) is 0 Å². The monoisotopic (exact) mass is 1100 g/mol. The number of halogens is 2. The number of primary amides is 1. The second-order valence-corrected chi connectivity index (χ2v) is 21.1. The molecule has 22 heteroatoms. The topological polar surface area (TPSA) is 276 Å². The van der Waals surface area contributed by atoms with Crippen LogP contribution in [0.2, 0.25) is 0 Å². The molecule has 0 aliphatic carbocycles. The van der Waals surface area contributed by atoms with Crippen LogP contribution in [0, 0.1) is 23.0 Å². The van der Waals surface area contributed by atoms with Crippen LogP contribution >= 0.6 is 0 Å². The number of aliphatic hydroxyl groups is 1. The Kier molecular flexibility index (Phi) is 22.8. The van der Waals surface area contributed by atoms with Crippen molar-refractivity contribution in [1.82, 2.24) is 40.6 Å². The lowest BCUT2D eigenvalue weighted by Gasteiger charge is -2.41. The number of nitrogens with two attached hydrogens (primary N) is 1. The lowest BCUT2D eigenvalue weighted by Crippen LogP contribution is -2.54. The van der Waals surface area contributed by atoms with Gasteiger partial charge in [-0.05, 0) is 98.7 Å². The van der Waals surface area contributed by atoms with Crippen molar-refractivity contribution < 1.29 is 57.0 Å². The highest BCUT2D eigenvalue weighted by atomic mass is 19.1. The van der Waals surface area contributed by atoms with Gasteiger partial charge < -0.3 is 51.6 Å². The van der Waals surface area contributed by atoms with E-state index in [1.54, 1.807) is 55.8 Å². The number of alkyl carbamates (subject to hydrolysis) is 1. The second kappa shape index (κ2) is 29.1. The van der Waals surface area contributed by atoms with Gasteiger partial charge in [0.2, 0.25) is 17.7 Å². The molecule has 0 saturated heterocycles. The Morgan fingerprint density at radius 1 is 0.810 bits per heavy atom. The molecule has 79 heavy (non-hydrogen) atoms. The summed E-state index contributed by atoms with van der Waals surface area (Å²) in [6, 6.07) is 14.8. The normalized spacial score (nSPS) is 14.2. The van der Waals surface area contributed by atoms with Gasteiger partial charge in [0.25, 0.3) is 17.7 Å². The molecule has 0 fully saturated rings. The van der Waals surface area contributed by atoms with Crippen LogP contribution in [0.1, 0.15) is 116 Å². The van der Waals surface area contributed by atoms with Gasteiger partial charge in [0, 0.05) is 68.2 Å². The number of rotatable bonds is 28. The second-order valence-electron chi connectivity index (χ2n) is 21.1. The van der Waals surface area contributed by atoms with Crippen LogP contribution < -0.4 is 32.3 Å². The van der Waals surface area contributed by atoms with E-state index in [2.05, 4.69) is 26.6 Å². The number of aliphatic hydroxyl groups excluding tert-OH is 1. The van der Waals surface area contributed by atoms with Crippen molar-refractivity contribution in [1.29, 1.82) is 0 Å². The Balaban J connectivity index is 1.18. The molecule has 1 aromatic heterocycles. The number of unbranched alkanes of at least 4 members (excludes halogenated alkanes) is 2. The number of aromatic nitrogens is 2. The fourth-order valence-electron chi connectivity index (χ4n) is 8.90. The number of nitrogens with zero attached hydrogens (tertiary/aromatic N) is 4. The summed E-state index contributed by atoms with van der Waals surface area (Å²) in [6.45, 7) is 12.8. The number of amides is 9. The number of imide groups is 1. The van der Waals surface area contributed by atoms with Gasteiger partial charge in [0.05, 0.1) is 11.7 Å². The molecule has 3 aromatic carbocycles. The number of hydrogen-bond acceptors (Lipinski definition) is 11. The van der Waals surface area contributed by atoms with E-state index in [4.69, 9.17) is 15.5 Å². The highest BCUT2D eigenvalue weighted by molar-refractivity contribution is 6.12. The van der Waals surface area contributed by atoms with Crippen molar-refractivity contribution in [3.63, 3.8) is 0 Å². The Morgan fingerprint density at radius 2 is 1.49 bits per heavy atom. The maximum atomic E-state index is 15.2. The summed E-state index contributed by atoms with van der Waals surface area (Å²) in [5, 5.41) is 24.2. The van der Waals surface area contributed by atoms with E-state index in [1.807, 2.05) is 51.1 Å². The highest BCUT2D eigenvalue weighted by Gasteiger charge is 2.40. The number of benzene rings is 3. The van der Waals surface area contributed by atoms with Gasteiger partial charge in [-0.1, -0.05) is 83.5 Å². The van der Waals surface area contributed by atoms with Crippen LogP contribution in [-0.4, -0.2) is 116 Å². The molecule has 1 aliphatic heterocycles. The summed E-state index contributed by atoms with van der Waals surface area (Å²) in [5.41, 5.74) is 6.41. The molecular formula is C57H74F2N10O10. The third kappa shape index (κ3) is 18.9. The maximum absolute atomic E-state index is 15.2. The number of carbonyl (C=O) groups excluding carboxylic acids is 8. The summed E-state index contributed by atoms with van der Waals surface area (Å²) in [6.07, 6.45) is 4.08. The molecule has 1 aliphatic rings. The summed E-state index contributed by atoms with van der Waals surface area (Å²) in [7, 11) is 0. The summed E-state index contributed by atoms with van der Waals surface area (Å²) < 4.78 is 37.0. The van der Waals surface area contributed by atoms with E-state index in [-0.39, 0.29) is 93.4 Å². The Hall–Kier alpha value is -8.01. The number of nitrogens with one attached hydrogen (secondary N) is 5. The smallest absolute Gasteiger partial charge is 0.407 e. The van der Waals surface area contributed by atoms with E-state index in [1.165, 1.54) is 24.0 Å². The fourth-order valence-corrected chi connectivity index (χ4v) is 8.90. The van der Waals surface area contributed by atoms with Crippen molar-refractivity contribution in [2.75, 3.05) is 25.0 Å². The number of imidazole rings is 1. The summed E-state index contributed by atoms with van der Waals surface area (Å²) in [4.78, 5) is 110. The average molecular weight is 1100 g/mol. The van der Waals surface area contributed by atoms with Crippen LogP contribution in [0.15, 0.2) is 91.1 Å². The van der Waals surface area contributed by atoms with E-state index < -0.39 is 77.2 Å². The van der Waals surface area contributed by atoms with Crippen LogP contribution in [0.5, 0.6) is 0 Å². The lowest BCUT2D eigenvalue weighted by atomic mass is 9.84. The van der Waals surface area contributed by atoms with Gasteiger partial charge in [0.1, 0.15) is 42.3 Å². The molecule has 5 atom stereocenters. The summed E-state index contributed by atoms with van der Waals surface area (Å²) in [5.74, 6) is -4.21. The van der Waals surface area contributed by atoms with Gasteiger partial charge in [-0.3, -0.25) is 33.7 Å². The van der Waals surface area contributed by atoms with Crippen LogP contribution in [0.25, 0.3) is 11.3 Å². The molecule has 0 unspecified atom stereocenters. The lowest BCUT2D eigenvalue weighted by molar-refractivity contribution is -0.145. The minimum absolute atomic E-state index is 0.0436. The number of urea groups is 1. The SMILES string of the molecule is CC(C)[C@H](NC(=O)CCCCCN1C(=O)C=CC1=O)C(=O)N[C@@H](CCCNC(N)=O)C(=O)Nc1ccc(COC(=O)N[C@H](C)CCN(C(=O)[C@H](C)O)[C@@H](c2nc(-c3cc(F)ccc3F)cn2Cc2ccccc2)C(C)(C)C)cc1. The van der Waals surface area contributed by atoms with Crippen molar-refractivity contribution >= 4 is 53.3 Å². The largest absolute Gasteiger partial charge is 0.445 e. The molecule has 0 radical (unpaired) electrons. The van der Waals surface area contributed by atoms with Gasteiger partial charge in [0.15, 0.2) is 0 Å². The first-order valence-corrected chi connectivity index (χ1v) is 26.5. The van der Waals surface area contributed by atoms with Crippen LogP contribution in [0.4, 0.5) is 24.1 Å². The zero-order chi connectivity index (χ0) is 58.0. The van der Waals surface area contributed by atoms with Crippen molar-refractivity contribution in [3.05, 3.63) is 120 Å². The minimum Gasteiger partial charge on any atom is -0.445 e. The van der Waals surface area contributed by atoms with Gasteiger partial charge >= 0.3 is 12.1 Å². The molecule has 5 rings (SSSR count). The minimum atomic E-state index is -1.42. The predicted molar refractivity (Wildman–Crippen MR) is 291 cm³/mol. The fraction of sp³-hybridized carbons (Fsp3) is 0.456. The van der Waals surface area contributed by atoms with Crippen LogP contribution in [0.3, 0.4) is 0 Å². The van der Waals surface area contributed by atoms with Crippen molar-refractivity contribution in [2.45, 2.75) is 137 Å². The number of ether oxygens (including phenoxy) is 1. The highest BCUT2D eigenvalue weighted by Crippen LogP contribution is 2.40. The molecule has 4 aromatic rings. The van der Waals surface area contributed by atoms with Gasteiger partial charge in [-0.2, -0.15) is 0 Å². The number of anilines is 1. The summed E-state index contributed by atoms with van der Waals surface area (Å²) >= 11 is 0. The number of carbonyl (C=O) groups is 8. The molecule has 8 N–H and O–H groups in total. The standard InChI is InChI=1S/C57H74F2N10O10/c1-35(2)49(66-46(71)18-12-9-13-29-68-47(72)25-26-48(68)73)53(75)65-44(17-14-28-61-55(60)77)52(74)63-41-22-19-39(20-23-41)34-79-56(78)62-36(3)27-30-69(54(76)37(4)70)50(57(5,6)7)51-64-45(42-31-40(58)21-24-43(42)59)33-67(51)32-38-15-10-8-11-16-38/h8,10-11,15-16,19-26,31,33,35-37,44,49-50,70H,9,12-14,17-18,27-30,32,34H2,1-7H3,(H,62,78)(H,63,74)(H,65,75)(H,66,71)(H3,60,61,77)/t36-,37+,44+,49+,50+/m1/s1. The molecular weight excluding hydrogens is 1020 g/mol. The molecule has 2 heterocycles. The predicted octanol–water partition coefficient (Wildman–Crippen LogP) is 6.38. The van der Waals surface area contributed by atoms with Crippen molar-refractivity contribution in [3.8, 4) is 11.3 Å². The Morgan fingerprint density at radius 3 is 2.13 bits per heavy atom. The third-order valence-corrected chi connectivity index (χ3v) is 13.0. The maximum Gasteiger partial charge on any atom is 0.407 e.